The lowest BCUT2D eigenvalue weighted by atomic mass is 10.3. The Morgan fingerprint density at radius 3 is 2.84 bits per heavy atom. The molecule has 19 heavy (non-hydrogen) atoms. The van der Waals surface area contributed by atoms with Crippen molar-refractivity contribution in [2.75, 3.05) is 13.1 Å². The van der Waals surface area contributed by atoms with Crippen LogP contribution in [-0.2, 0) is 11.3 Å². The molecule has 100 valence electrons. The zero-order valence-corrected chi connectivity index (χ0v) is 11.3. The van der Waals surface area contributed by atoms with Crippen LogP contribution < -0.4 is 0 Å². The number of hydrogen-bond donors (Lipinski definition) is 0. The van der Waals surface area contributed by atoms with Gasteiger partial charge in [-0.25, -0.2) is 4.68 Å². The van der Waals surface area contributed by atoms with Crippen LogP contribution in [0.5, 0.6) is 0 Å². The number of carbonyl (C=O) groups is 1. The van der Waals surface area contributed by atoms with Crippen LogP contribution in [0.25, 0.3) is 11.0 Å². The molecule has 0 bridgehead atoms. The van der Waals surface area contributed by atoms with Gasteiger partial charge in [-0.2, -0.15) is 0 Å². The zero-order valence-electron chi connectivity index (χ0n) is 11.3. The maximum absolute atomic E-state index is 12.2. The smallest absolute Gasteiger partial charge is 0.244 e. The SMILES string of the molecule is C=C(C)CN(CC)C(=O)Cn1nnc2ccccc21. The number of benzene rings is 1. The van der Waals surface area contributed by atoms with Gasteiger partial charge in [0.2, 0.25) is 5.91 Å². The summed E-state index contributed by atoms with van der Waals surface area (Å²) in [6, 6.07) is 7.62. The van der Waals surface area contributed by atoms with Crippen molar-refractivity contribution in [2.24, 2.45) is 0 Å². The number of fused-ring (bicyclic) bond motifs is 1. The molecule has 0 aliphatic rings. The molecule has 0 atom stereocenters. The van der Waals surface area contributed by atoms with Gasteiger partial charge in [-0.15, -0.1) is 5.10 Å². The second kappa shape index (κ2) is 5.65. The topological polar surface area (TPSA) is 51.0 Å². The summed E-state index contributed by atoms with van der Waals surface area (Å²) in [4.78, 5) is 14.0. The van der Waals surface area contributed by atoms with Crippen molar-refractivity contribution in [1.82, 2.24) is 19.9 Å². The van der Waals surface area contributed by atoms with E-state index in [4.69, 9.17) is 0 Å². The van der Waals surface area contributed by atoms with Crippen molar-refractivity contribution in [3.05, 3.63) is 36.4 Å². The minimum Gasteiger partial charge on any atom is -0.337 e. The Morgan fingerprint density at radius 2 is 2.16 bits per heavy atom. The summed E-state index contributed by atoms with van der Waals surface area (Å²) in [6.07, 6.45) is 0. The highest BCUT2D eigenvalue weighted by Gasteiger charge is 2.14. The number of rotatable bonds is 5. The first kappa shape index (κ1) is 13.3. The molecule has 0 saturated heterocycles. The van der Waals surface area contributed by atoms with Crippen LogP contribution in [0.1, 0.15) is 13.8 Å². The summed E-state index contributed by atoms with van der Waals surface area (Å²) in [7, 11) is 0. The third-order valence-corrected chi connectivity index (χ3v) is 2.90. The van der Waals surface area contributed by atoms with Crippen molar-refractivity contribution >= 4 is 16.9 Å². The predicted molar refractivity (Wildman–Crippen MR) is 74.6 cm³/mol. The number of likely N-dealkylation sites (N-methyl/N-ethyl adjacent to an activating group) is 1. The van der Waals surface area contributed by atoms with Gasteiger partial charge in [0.1, 0.15) is 12.1 Å². The molecule has 0 saturated carbocycles. The van der Waals surface area contributed by atoms with Gasteiger partial charge < -0.3 is 4.90 Å². The van der Waals surface area contributed by atoms with Crippen LogP contribution in [0, 0.1) is 0 Å². The molecular weight excluding hydrogens is 240 g/mol. The lowest BCUT2D eigenvalue weighted by Gasteiger charge is -2.20. The molecule has 0 unspecified atom stereocenters. The standard InChI is InChI=1S/C14H18N4O/c1-4-17(9-11(2)3)14(19)10-18-13-8-6-5-7-12(13)15-16-18/h5-8H,2,4,9-10H2,1,3H3. The van der Waals surface area contributed by atoms with Crippen LogP contribution in [0.2, 0.25) is 0 Å². The fraction of sp³-hybridized carbons (Fsp3) is 0.357. The second-order valence-corrected chi connectivity index (χ2v) is 4.60. The largest absolute Gasteiger partial charge is 0.337 e. The molecule has 5 heteroatoms. The fourth-order valence-corrected chi connectivity index (χ4v) is 1.96. The molecule has 0 radical (unpaired) electrons. The average Bonchev–Trinajstić information content (AvgIpc) is 2.79. The molecular formula is C14H18N4O. The lowest BCUT2D eigenvalue weighted by molar-refractivity contribution is -0.131. The first-order valence-electron chi connectivity index (χ1n) is 6.32. The highest BCUT2D eigenvalue weighted by atomic mass is 16.2. The summed E-state index contributed by atoms with van der Waals surface area (Å²) < 4.78 is 1.64. The van der Waals surface area contributed by atoms with Crippen LogP contribution in [0.15, 0.2) is 36.4 Å². The van der Waals surface area contributed by atoms with E-state index in [-0.39, 0.29) is 12.5 Å². The van der Waals surface area contributed by atoms with E-state index in [2.05, 4.69) is 16.9 Å². The van der Waals surface area contributed by atoms with Crippen LogP contribution in [-0.4, -0.2) is 38.9 Å². The molecule has 1 aromatic carbocycles. The van der Waals surface area contributed by atoms with Crippen molar-refractivity contribution in [2.45, 2.75) is 20.4 Å². The van der Waals surface area contributed by atoms with Crippen molar-refractivity contribution in [3.8, 4) is 0 Å². The quantitative estimate of drug-likeness (QED) is 0.769. The Kier molecular flexibility index (Phi) is 3.94. The molecule has 2 rings (SSSR count). The summed E-state index contributed by atoms with van der Waals surface area (Å²) in [5, 5.41) is 8.07. The van der Waals surface area contributed by atoms with Gasteiger partial charge in [0, 0.05) is 13.1 Å². The van der Waals surface area contributed by atoms with Crippen molar-refractivity contribution in [1.29, 1.82) is 0 Å². The Labute approximate surface area is 112 Å². The number of aromatic nitrogens is 3. The van der Waals surface area contributed by atoms with Gasteiger partial charge in [0.25, 0.3) is 0 Å². The van der Waals surface area contributed by atoms with E-state index in [1.807, 2.05) is 38.1 Å². The Morgan fingerprint density at radius 1 is 1.42 bits per heavy atom. The van der Waals surface area contributed by atoms with E-state index in [1.165, 1.54) is 0 Å². The summed E-state index contributed by atoms with van der Waals surface area (Å²) in [5.74, 6) is 0.0288. The molecule has 5 nitrogen and oxygen atoms in total. The molecule has 1 aromatic heterocycles. The van der Waals surface area contributed by atoms with E-state index in [0.717, 1.165) is 16.6 Å². The molecule has 0 aliphatic carbocycles. The fourth-order valence-electron chi connectivity index (χ4n) is 1.96. The van der Waals surface area contributed by atoms with E-state index < -0.39 is 0 Å². The van der Waals surface area contributed by atoms with Gasteiger partial charge in [-0.3, -0.25) is 4.79 Å². The zero-order chi connectivity index (χ0) is 13.8. The van der Waals surface area contributed by atoms with E-state index >= 15 is 0 Å². The molecule has 2 aromatic rings. The van der Waals surface area contributed by atoms with Crippen molar-refractivity contribution < 1.29 is 4.79 Å². The van der Waals surface area contributed by atoms with E-state index in [9.17, 15) is 4.79 Å². The molecule has 0 aliphatic heterocycles. The third-order valence-electron chi connectivity index (χ3n) is 2.90. The number of carbonyl (C=O) groups excluding carboxylic acids is 1. The number of hydrogen-bond acceptors (Lipinski definition) is 3. The molecule has 1 amide bonds. The Hall–Kier alpha value is -2.17. The monoisotopic (exact) mass is 258 g/mol. The lowest BCUT2D eigenvalue weighted by Crippen LogP contribution is -2.35. The number of para-hydroxylation sites is 1. The average molecular weight is 258 g/mol. The third kappa shape index (κ3) is 2.99. The van der Waals surface area contributed by atoms with Gasteiger partial charge >= 0.3 is 0 Å². The van der Waals surface area contributed by atoms with Gasteiger partial charge in [0.15, 0.2) is 0 Å². The van der Waals surface area contributed by atoms with Crippen molar-refractivity contribution in [3.63, 3.8) is 0 Å². The first-order valence-corrected chi connectivity index (χ1v) is 6.32. The highest BCUT2D eigenvalue weighted by Crippen LogP contribution is 2.10. The van der Waals surface area contributed by atoms with Gasteiger partial charge in [0.05, 0.1) is 5.52 Å². The van der Waals surface area contributed by atoms with Crippen LogP contribution in [0.4, 0.5) is 0 Å². The summed E-state index contributed by atoms with van der Waals surface area (Å²) >= 11 is 0. The summed E-state index contributed by atoms with van der Waals surface area (Å²) in [6.45, 7) is 9.18. The van der Waals surface area contributed by atoms with Crippen LogP contribution in [0.3, 0.4) is 0 Å². The van der Waals surface area contributed by atoms with Gasteiger partial charge in [-0.05, 0) is 26.0 Å². The molecule has 1 heterocycles. The predicted octanol–water partition coefficient (Wildman–Crippen LogP) is 1.86. The second-order valence-electron chi connectivity index (χ2n) is 4.60. The Bertz CT molecular complexity index is 602. The molecule has 0 fully saturated rings. The van der Waals surface area contributed by atoms with Gasteiger partial charge in [-0.1, -0.05) is 29.5 Å². The molecule has 0 spiro atoms. The maximum atomic E-state index is 12.2. The highest BCUT2D eigenvalue weighted by molar-refractivity contribution is 5.79. The minimum absolute atomic E-state index is 0.0288. The normalized spacial score (nSPS) is 10.6. The van der Waals surface area contributed by atoms with Crippen LogP contribution >= 0.6 is 0 Å². The number of amides is 1. The minimum atomic E-state index is 0.0288. The number of nitrogens with zero attached hydrogens (tertiary/aromatic N) is 4. The maximum Gasteiger partial charge on any atom is 0.244 e. The van der Waals surface area contributed by atoms with E-state index in [1.54, 1.807) is 9.58 Å². The Balaban J connectivity index is 2.16. The first-order chi connectivity index (χ1) is 9.11. The molecule has 0 N–H and O–H groups in total. The summed E-state index contributed by atoms with van der Waals surface area (Å²) in [5.41, 5.74) is 2.65. The van der Waals surface area contributed by atoms with E-state index in [0.29, 0.717) is 13.1 Å².